The highest BCUT2D eigenvalue weighted by atomic mass is 16.6. The average Bonchev–Trinajstić information content (AvgIpc) is 2.75. The fraction of sp³-hybridized carbons (Fsp3) is 0.643. The lowest BCUT2D eigenvalue weighted by atomic mass is 10.2. The molecule has 1 aliphatic carbocycles. The number of amides is 1. The Morgan fingerprint density at radius 2 is 2.20 bits per heavy atom. The fourth-order valence-electron chi connectivity index (χ4n) is 2.43. The number of alkyl carbamates (subject to hydrolysis) is 1. The molecule has 1 aromatic rings. The predicted octanol–water partition coefficient (Wildman–Crippen LogP) is 1.86. The highest BCUT2D eigenvalue weighted by Crippen LogP contribution is 2.28. The molecular formula is C14H21N3O3. The first-order chi connectivity index (χ1) is 9.35. The van der Waals surface area contributed by atoms with Crippen LogP contribution in [0.5, 0.6) is 0 Å². The van der Waals surface area contributed by atoms with Crippen LogP contribution in [0, 0.1) is 0 Å². The lowest BCUT2D eigenvalue weighted by Gasteiger charge is -2.21. The second kappa shape index (κ2) is 5.64. The van der Waals surface area contributed by atoms with Crippen molar-refractivity contribution in [3.8, 4) is 0 Å². The second-order valence-electron chi connectivity index (χ2n) is 6.12. The molecule has 0 saturated heterocycles. The van der Waals surface area contributed by atoms with Gasteiger partial charge in [-0.05, 0) is 46.1 Å². The third-order valence-corrected chi connectivity index (χ3v) is 3.21. The van der Waals surface area contributed by atoms with Crippen LogP contribution in [0.25, 0.3) is 0 Å². The van der Waals surface area contributed by atoms with Crippen LogP contribution in [0.1, 0.15) is 46.1 Å². The summed E-state index contributed by atoms with van der Waals surface area (Å²) in [7, 11) is 0. The normalized spacial score (nSPS) is 22.6. The molecular weight excluding hydrogens is 258 g/mol. The maximum Gasteiger partial charge on any atom is 0.407 e. The van der Waals surface area contributed by atoms with Crippen molar-refractivity contribution in [1.82, 2.24) is 15.1 Å². The summed E-state index contributed by atoms with van der Waals surface area (Å²) in [5, 5.41) is 6.94. The molecule has 1 amide bonds. The Kier molecular flexibility index (Phi) is 4.11. The van der Waals surface area contributed by atoms with Crippen molar-refractivity contribution < 1.29 is 9.53 Å². The van der Waals surface area contributed by atoms with Gasteiger partial charge in [0, 0.05) is 18.3 Å². The first-order valence-electron chi connectivity index (χ1n) is 6.88. The Bertz CT molecular complexity index is 533. The average molecular weight is 279 g/mol. The van der Waals surface area contributed by atoms with Crippen molar-refractivity contribution >= 4 is 6.09 Å². The van der Waals surface area contributed by atoms with Crippen LogP contribution in [0.2, 0.25) is 0 Å². The van der Waals surface area contributed by atoms with Crippen LogP contribution in [0.3, 0.4) is 0 Å². The molecule has 1 saturated carbocycles. The van der Waals surface area contributed by atoms with Gasteiger partial charge in [0.15, 0.2) is 0 Å². The molecule has 0 aromatic carbocycles. The first-order valence-corrected chi connectivity index (χ1v) is 6.88. The SMILES string of the molecule is CC(C)(C)OC(=O)N[C@@H]1CC[C@@H](n2ncccc2=O)C1. The summed E-state index contributed by atoms with van der Waals surface area (Å²) < 4.78 is 6.73. The molecule has 2 atom stereocenters. The Labute approximate surface area is 118 Å². The number of hydrogen-bond acceptors (Lipinski definition) is 4. The van der Waals surface area contributed by atoms with Gasteiger partial charge in [-0.2, -0.15) is 5.10 Å². The lowest BCUT2D eigenvalue weighted by Crippen LogP contribution is -2.38. The number of nitrogens with zero attached hydrogens (tertiary/aromatic N) is 2. The second-order valence-corrected chi connectivity index (χ2v) is 6.12. The van der Waals surface area contributed by atoms with Crippen molar-refractivity contribution in [3.63, 3.8) is 0 Å². The largest absolute Gasteiger partial charge is 0.444 e. The molecule has 6 nitrogen and oxygen atoms in total. The summed E-state index contributed by atoms with van der Waals surface area (Å²) >= 11 is 0. The zero-order chi connectivity index (χ0) is 14.8. The van der Waals surface area contributed by atoms with E-state index in [9.17, 15) is 9.59 Å². The molecule has 6 heteroatoms. The van der Waals surface area contributed by atoms with E-state index < -0.39 is 11.7 Å². The molecule has 0 bridgehead atoms. The van der Waals surface area contributed by atoms with E-state index in [4.69, 9.17) is 4.74 Å². The van der Waals surface area contributed by atoms with E-state index in [1.165, 1.54) is 10.7 Å². The van der Waals surface area contributed by atoms with Crippen LogP contribution >= 0.6 is 0 Å². The summed E-state index contributed by atoms with van der Waals surface area (Å²) in [6, 6.07) is 3.21. The highest BCUT2D eigenvalue weighted by Gasteiger charge is 2.29. The predicted molar refractivity (Wildman–Crippen MR) is 74.5 cm³/mol. The van der Waals surface area contributed by atoms with E-state index in [-0.39, 0.29) is 17.6 Å². The van der Waals surface area contributed by atoms with Crippen molar-refractivity contribution in [2.75, 3.05) is 0 Å². The minimum Gasteiger partial charge on any atom is -0.444 e. The van der Waals surface area contributed by atoms with E-state index in [0.29, 0.717) is 6.42 Å². The van der Waals surface area contributed by atoms with E-state index in [2.05, 4.69) is 10.4 Å². The van der Waals surface area contributed by atoms with Crippen LogP contribution < -0.4 is 10.9 Å². The number of rotatable bonds is 2. The van der Waals surface area contributed by atoms with Gasteiger partial charge in [0.05, 0.1) is 6.04 Å². The monoisotopic (exact) mass is 279 g/mol. The van der Waals surface area contributed by atoms with Gasteiger partial charge >= 0.3 is 6.09 Å². The minimum atomic E-state index is -0.500. The van der Waals surface area contributed by atoms with Gasteiger partial charge in [-0.25, -0.2) is 9.48 Å². The summed E-state index contributed by atoms with van der Waals surface area (Å²) in [5.74, 6) is 0. The van der Waals surface area contributed by atoms with Gasteiger partial charge in [0.2, 0.25) is 0 Å². The molecule has 1 aliphatic rings. The van der Waals surface area contributed by atoms with Crippen molar-refractivity contribution in [1.29, 1.82) is 0 Å². The Hall–Kier alpha value is -1.85. The highest BCUT2D eigenvalue weighted by molar-refractivity contribution is 5.68. The molecule has 0 radical (unpaired) electrons. The maximum absolute atomic E-state index is 11.7. The van der Waals surface area contributed by atoms with E-state index in [0.717, 1.165) is 12.8 Å². The van der Waals surface area contributed by atoms with E-state index >= 15 is 0 Å². The maximum atomic E-state index is 11.7. The zero-order valence-corrected chi connectivity index (χ0v) is 12.1. The van der Waals surface area contributed by atoms with Gasteiger partial charge in [0.25, 0.3) is 5.56 Å². The number of ether oxygens (including phenoxy) is 1. The smallest absolute Gasteiger partial charge is 0.407 e. The topological polar surface area (TPSA) is 73.2 Å². The summed E-state index contributed by atoms with van der Waals surface area (Å²) in [5.41, 5.74) is -0.601. The first kappa shape index (κ1) is 14.6. The van der Waals surface area contributed by atoms with Crippen molar-refractivity contribution in [2.45, 2.75) is 57.7 Å². The molecule has 20 heavy (non-hydrogen) atoms. The molecule has 110 valence electrons. The Balaban J connectivity index is 1.92. The number of nitrogens with one attached hydrogen (secondary N) is 1. The van der Waals surface area contributed by atoms with Gasteiger partial charge in [-0.3, -0.25) is 4.79 Å². The molecule has 1 fully saturated rings. The van der Waals surface area contributed by atoms with Crippen LogP contribution in [-0.4, -0.2) is 27.5 Å². The lowest BCUT2D eigenvalue weighted by molar-refractivity contribution is 0.0504. The minimum absolute atomic E-state index is 0.0313. The number of carbonyl (C=O) groups is 1. The Morgan fingerprint density at radius 1 is 1.45 bits per heavy atom. The Morgan fingerprint density at radius 3 is 2.85 bits per heavy atom. The summed E-state index contributed by atoms with van der Waals surface area (Å²) in [6.07, 6.45) is 3.56. The standard InChI is InChI=1S/C14H21N3O3/c1-14(2,3)20-13(19)16-10-6-7-11(9-10)17-12(18)5-4-8-15-17/h4-5,8,10-11H,6-7,9H2,1-3H3,(H,16,19)/t10-,11-/m1/s1. The van der Waals surface area contributed by atoms with Crippen LogP contribution in [0.15, 0.2) is 23.1 Å². The molecule has 0 unspecified atom stereocenters. The van der Waals surface area contributed by atoms with Crippen LogP contribution in [0.4, 0.5) is 4.79 Å². The van der Waals surface area contributed by atoms with Crippen molar-refractivity contribution in [2.24, 2.45) is 0 Å². The summed E-state index contributed by atoms with van der Waals surface area (Å²) in [4.78, 5) is 23.4. The van der Waals surface area contributed by atoms with Crippen LogP contribution in [-0.2, 0) is 4.74 Å². The fourth-order valence-corrected chi connectivity index (χ4v) is 2.43. The van der Waals surface area contributed by atoms with E-state index in [1.807, 2.05) is 20.8 Å². The van der Waals surface area contributed by atoms with E-state index in [1.54, 1.807) is 12.3 Å². The van der Waals surface area contributed by atoms with Gasteiger partial charge in [-0.1, -0.05) is 0 Å². The zero-order valence-electron chi connectivity index (χ0n) is 12.1. The molecule has 1 N–H and O–H groups in total. The molecule has 0 spiro atoms. The van der Waals surface area contributed by atoms with Gasteiger partial charge in [-0.15, -0.1) is 0 Å². The molecule has 2 rings (SSSR count). The number of aromatic nitrogens is 2. The molecule has 0 aliphatic heterocycles. The summed E-state index contributed by atoms with van der Waals surface area (Å²) in [6.45, 7) is 5.49. The number of carbonyl (C=O) groups excluding carboxylic acids is 1. The third kappa shape index (κ3) is 3.82. The molecule has 1 aromatic heterocycles. The van der Waals surface area contributed by atoms with Crippen molar-refractivity contribution in [3.05, 3.63) is 28.7 Å². The quantitative estimate of drug-likeness (QED) is 0.896. The van der Waals surface area contributed by atoms with Gasteiger partial charge < -0.3 is 10.1 Å². The molecule has 1 heterocycles. The van der Waals surface area contributed by atoms with Gasteiger partial charge in [0.1, 0.15) is 5.60 Å². The third-order valence-electron chi connectivity index (χ3n) is 3.21. The number of hydrogen-bond donors (Lipinski definition) is 1.